The molecule has 5 rings (SSSR count). The molecule has 5 nitrogen and oxygen atoms in total. The Morgan fingerprint density at radius 1 is 1.00 bits per heavy atom. The molecule has 0 saturated carbocycles. The predicted molar refractivity (Wildman–Crippen MR) is 117 cm³/mol. The molecular formula is C24H22F2N2O3S. The monoisotopic (exact) mass is 456 g/mol. The molecule has 32 heavy (non-hydrogen) atoms. The zero-order chi connectivity index (χ0) is 22.5. The van der Waals surface area contributed by atoms with Crippen molar-refractivity contribution in [1.29, 1.82) is 0 Å². The molecule has 0 bridgehead atoms. The smallest absolute Gasteiger partial charge is 0.246 e. The van der Waals surface area contributed by atoms with Crippen LogP contribution in [-0.2, 0) is 10.0 Å². The highest BCUT2D eigenvalue weighted by Crippen LogP contribution is 2.49. The van der Waals surface area contributed by atoms with Gasteiger partial charge in [0, 0.05) is 23.7 Å². The minimum Gasteiger partial charge on any atom is -0.394 e. The van der Waals surface area contributed by atoms with E-state index in [-0.39, 0.29) is 35.8 Å². The topological polar surface area (TPSA) is 69.6 Å². The number of aliphatic hydroxyl groups is 1. The standard InChI is InChI=1S/C24H22F2N2O3S/c25-19-6-2-1-5-16(19)15-9-10-21-18(13-15)24-17(22(14-29)27-21)11-12-28(24)32(30,31)23-8-4-3-7-20(23)26/h1-10,13,17,22,24,27,29H,11-12,14H2/t17-,22+,24-/m1/s1. The second-order valence-corrected chi connectivity index (χ2v) is 10.0. The highest BCUT2D eigenvalue weighted by Gasteiger charge is 2.49. The van der Waals surface area contributed by atoms with Crippen LogP contribution in [0.1, 0.15) is 18.0 Å². The Morgan fingerprint density at radius 3 is 2.44 bits per heavy atom. The first-order chi connectivity index (χ1) is 15.4. The Morgan fingerprint density at radius 2 is 1.72 bits per heavy atom. The van der Waals surface area contributed by atoms with Gasteiger partial charge in [-0.1, -0.05) is 36.4 Å². The van der Waals surface area contributed by atoms with Gasteiger partial charge in [-0.05, 0) is 47.9 Å². The zero-order valence-electron chi connectivity index (χ0n) is 17.1. The third kappa shape index (κ3) is 3.30. The summed E-state index contributed by atoms with van der Waals surface area (Å²) in [7, 11) is -4.12. The van der Waals surface area contributed by atoms with Crippen molar-refractivity contribution in [2.75, 3.05) is 18.5 Å². The summed E-state index contributed by atoms with van der Waals surface area (Å²) in [6.07, 6.45) is 0.514. The van der Waals surface area contributed by atoms with Crippen molar-refractivity contribution in [2.24, 2.45) is 5.92 Å². The second-order valence-electron chi connectivity index (χ2n) is 8.16. The van der Waals surface area contributed by atoms with E-state index in [0.29, 0.717) is 28.8 Å². The Labute approximate surface area is 185 Å². The van der Waals surface area contributed by atoms with Crippen LogP contribution < -0.4 is 5.32 Å². The SMILES string of the molecule is O=S(=O)(c1ccccc1F)N1CC[C@@H]2[C@H](CO)Nc3ccc(-c4ccccc4F)cc3[C@@H]21. The average Bonchev–Trinajstić information content (AvgIpc) is 3.25. The van der Waals surface area contributed by atoms with E-state index in [1.54, 1.807) is 36.4 Å². The highest BCUT2D eigenvalue weighted by atomic mass is 32.2. The van der Waals surface area contributed by atoms with Crippen molar-refractivity contribution < 1.29 is 22.3 Å². The van der Waals surface area contributed by atoms with E-state index in [1.165, 1.54) is 28.6 Å². The van der Waals surface area contributed by atoms with E-state index in [0.717, 1.165) is 6.07 Å². The van der Waals surface area contributed by atoms with Gasteiger partial charge < -0.3 is 10.4 Å². The van der Waals surface area contributed by atoms with Gasteiger partial charge in [0.25, 0.3) is 0 Å². The summed E-state index contributed by atoms with van der Waals surface area (Å²) >= 11 is 0. The molecule has 1 fully saturated rings. The van der Waals surface area contributed by atoms with E-state index >= 15 is 0 Å². The summed E-state index contributed by atoms with van der Waals surface area (Å²) in [4.78, 5) is -0.369. The van der Waals surface area contributed by atoms with Crippen molar-refractivity contribution in [2.45, 2.75) is 23.4 Å². The quantitative estimate of drug-likeness (QED) is 0.618. The first-order valence-corrected chi connectivity index (χ1v) is 11.9. The third-order valence-corrected chi connectivity index (χ3v) is 8.35. The Hall–Kier alpha value is -2.81. The number of rotatable bonds is 4. The molecule has 3 aromatic rings. The molecule has 0 spiro atoms. The lowest BCUT2D eigenvalue weighted by Gasteiger charge is -2.39. The number of halogens is 2. The molecule has 2 aliphatic rings. The van der Waals surface area contributed by atoms with Gasteiger partial charge in [-0.2, -0.15) is 4.31 Å². The maximum absolute atomic E-state index is 14.4. The zero-order valence-corrected chi connectivity index (χ0v) is 17.9. The van der Waals surface area contributed by atoms with Gasteiger partial charge >= 0.3 is 0 Å². The van der Waals surface area contributed by atoms with Gasteiger partial charge in [0.15, 0.2) is 0 Å². The van der Waals surface area contributed by atoms with E-state index in [9.17, 15) is 22.3 Å². The predicted octanol–water partition coefficient (Wildman–Crippen LogP) is 4.17. The molecule has 1 saturated heterocycles. The lowest BCUT2D eigenvalue weighted by Crippen LogP contribution is -2.43. The highest BCUT2D eigenvalue weighted by molar-refractivity contribution is 7.89. The number of nitrogens with one attached hydrogen (secondary N) is 1. The second kappa shape index (κ2) is 7.95. The summed E-state index contributed by atoms with van der Waals surface area (Å²) in [6.45, 7) is 0.0385. The molecule has 2 aliphatic heterocycles. The summed E-state index contributed by atoms with van der Waals surface area (Å²) in [6, 6.07) is 16.1. The molecule has 0 aliphatic carbocycles. The fourth-order valence-corrected chi connectivity index (χ4v) is 6.67. The summed E-state index contributed by atoms with van der Waals surface area (Å²) in [5.41, 5.74) is 2.41. The molecule has 0 unspecified atom stereocenters. The molecule has 0 amide bonds. The normalized spacial score (nSPS) is 22.8. The average molecular weight is 457 g/mol. The van der Waals surface area contributed by atoms with Gasteiger partial charge in [-0.25, -0.2) is 17.2 Å². The van der Waals surface area contributed by atoms with Gasteiger partial charge in [0.05, 0.1) is 18.7 Å². The maximum atomic E-state index is 14.4. The van der Waals surface area contributed by atoms with Gasteiger partial charge in [0.2, 0.25) is 10.0 Å². The fraction of sp³-hybridized carbons (Fsp3) is 0.250. The number of fused-ring (bicyclic) bond motifs is 3. The number of anilines is 1. The van der Waals surface area contributed by atoms with Gasteiger partial charge in [-0.3, -0.25) is 0 Å². The summed E-state index contributed by atoms with van der Waals surface area (Å²) < 4.78 is 57.1. The fourth-order valence-electron chi connectivity index (χ4n) is 4.93. The molecular weight excluding hydrogens is 434 g/mol. The van der Waals surface area contributed by atoms with Crippen LogP contribution in [0.4, 0.5) is 14.5 Å². The Bertz CT molecular complexity index is 1280. The third-order valence-electron chi connectivity index (χ3n) is 6.43. The lowest BCUT2D eigenvalue weighted by atomic mass is 9.82. The van der Waals surface area contributed by atoms with Crippen LogP contribution in [0.3, 0.4) is 0 Å². The molecule has 3 atom stereocenters. The van der Waals surface area contributed by atoms with Crippen LogP contribution in [0.5, 0.6) is 0 Å². The molecule has 3 aromatic carbocycles. The van der Waals surface area contributed by atoms with Crippen LogP contribution in [-0.4, -0.2) is 37.0 Å². The maximum Gasteiger partial charge on any atom is 0.246 e. The molecule has 8 heteroatoms. The van der Waals surface area contributed by atoms with Gasteiger partial charge in [0.1, 0.15) is 16.5 Å². The van der Waals surface area contributed by atoms with Crippen LogP contribution in [0.2, 0.25) is 0 Å². The number of nitrogens with zero attached hydrogens (tertiary/aromatic N) is 1. The van der Waals surface area contributed by atoms with E-state index in [2.05, 4.69) is 5.32 Å². The van der Waals surface area contributed by atoms with Crippen molar-refractivity contribution in [1.82, 2.24) is 4.31 Å². The van der Waals surface area contributed by atoms with E-state index < -0.39 is 21.9 Å². The summed E-state index contributed by atoms with van der Waals surface area (Å²) in [5.74, 6) is -1.38. The van der Waals surface area contributed by atoms with Crippen LogP contribution in [0.25, 0.3) is 11.1 Å². The minimum atomic E-state index is -4.12. The molecule has 0 radical (unpaired) electrons. The number of aliphatic hydroxyl groups excluding tert-OH is 1. The number of hydrogen-bond donors (Lipinski definition) is 2. The number of sulfonamides is 1. The van der Waals surface area contributed by atoms with Crippen molar-refractivity contribution >= 4 is 15.7 Å². The van der Waals surface area contributed by atoms with Crippen molar-refractivity contribution in [3.8, 4) is 11.1 Å². The lowest BCUT2D eigenvalue weighted by molar-refractivity contribution is 0.210. The Balaban J connectivity index is 1.65. The van der Waals surface area contributed by atoms with Gasteiger partial charge in [-0.15, -0.1) is 0 Å². The first-order valence-electron chi connectivity index (χ1n) is 10.4. The van der Waals surface area contributed by atoms with Crippen LogP contribution >= 0.6 is 0 Å². The summed E-state index contributed by atoms with van der Waals surface area (Å²) in [5, 5.41) is 13.2. The number of benzene rings is 3. The van der Waals surface area contributed by atoms with Crippen molar-refractivity contribution in [3.63, 3.8) is 0 Å². The molecule has 0 aromatic heterocycles. The molecule has 166 valence electrons. The largest absolute Gasteiger partial charge is 0.394 e. The first kappa shape index (κ1) is 21.1. The van der Waals surface area contributed by atoms with E-state index in [4.69, 9.17) is 0 Å². The Kier molecular flexibility index (Phi) is 5.23. The van der Waals surface area contributed by atoms with Crippen LogP contribution in [0.15, 0.2) is 71.6 Å². The minimum absolute atomic E-state index is 0.163. The van der Waals surface area contributed by atoms with Crippen LogP contribution in [0, 0.1) is 17.6 Å². The van der Waals surface area contributed by atoms with E-state index in [1.807, 2.05) is 0 Å². The number of hydrogen-bond acceptors (Lipinski definition) is 4. The molecule has 2 heterocycles. The molecule has 2 N–H and O–H groups in total. The van der Waals surface area contributed by atoms with Crippen molar-refractivity contribution in [3.05, 3.63) is 83.9 Å².